The lowest BCUT2D eigenvalue weighted by molar-refractivity contribution is -0.0138. The first kappa shape index (κ1) is 22.9. The van der Waals surface area contributed by atoms with Crippen molar-refractivity contribution in [2.24, 2.45) is 5.92 Å². The minimum absolute atomic E-state index is 0.211. The highest BCUT2D eigenvalue weighted by atomic mass is 32.1. The number of piperidine rings is 1. The van der Waals surface area contributed by atoms with E-state index in [0.717, 1.165) is 10.4 Å². The molecule has 0 radical (unpaired) electrons. The zero-order valence-electron chi connectivity index (χ0n) is 20.3. The van der Waals surface area contributed by atoms with Crippen molar-refractivity contribution in [3.8, 4) is 27.6 Å². The summed E-state index contributed by atoms with van der Waals surface area (Å²) in [5, 5.41) is 18.4. The number of thiophene rings is 1. The number of ketones is 2. The Morgan fingerprint density at radius 3 is 2.53 bits per heavy atom. The van der Waals surface area contributed by atoms with E-state index in [9.17, 15) is 9.59 Å². The molecule has 9 heteroatoms. The monoisotopic (exact) mass is 521 g/mol. The van der Waals surface area contributed by atoms with Crippen molar-refractivity contribution in [2.45, 2.75) is 18.4 Å². The van der Waals surface area contributed by atoms with Crippen LogP contribution in [0.4, 0.5) is 0 Å². The van der Waals surface area contributed by atoms with Gasteiger partial charge in [-0.2, -0.15) is 0 Å². The molecule has 2 aliphatic heterocycles. The summed E-state index contributed by atoms with van der Waals surface area (Å²) in [7, 11) is 0. The van der Waals surface area contributed by atoms with E-state index in [-0.39, 0.29) is 11.6 Å². The molecule has 8 nitrogen and oxygen atoms in total. The van der Waals surface area contributed by atoms with E-state index in [1.54, 1.807) is 23.5 Å². The van der Waals surface area contributed by atoms with Gasteiger partial charge in [0.25, 0.3) is 0 Å². The second kappa shape index (κ2) is 8.97. The number of hydrogen-bond acceptors (Lipinski definition) is 8. The molecular formula is C29H23N5O3S. The average Bonchev–Trinajstić information content (AvgIpc) is 3.64. The molecule has 2 aromatic heterocycles. The average molecular weight is 522 g/mol. The summed E-state index contributed by atoms with van der Waals surface area (Å²) in [4.78, 5) is 29.2. The number of rotatable bonds is 4. The molecule has 38 heavy (non-hydrogen) atoms. The second-order valence-electron chi connectivity index (χ2n) is 9.76. The summed E-state index contributed by atoms with van der Waals surface area (Å²) in [6, 6.07) is 23.3. The van der Waals surface area contributed by atoms with Crippen LogP contribution in [-0.4, -0.2) is 50.9 Å². The Kier molecular flexibility index (Phi) is 5.41. The Morgan fingerprint density at radius 2 is 1.76 bits per heavy atom. The lowest BCUT2D eigenvalue weighted by atomic mass is 9.70. The molecule has 4 heterocycles. The van der Waals surface area contributed by atoms with Gasteiger partial charge in [0.15, 0.2) is 17.4 Å². The van der Waals surface area contributed by atoms with Crippen LogP contribution in [0, 0.1) is 5.92 Å². The topological polar surface area (TPSA) is 110 Å². The Hall–Kier alpha value is -4.21. The molecule has 1 spiro atoms. The number of tetrazole rings is 1. The van der Waals surface area contributed by atoms with E-state index >= 15 is 0 Å². The molecule has 2 N–H and O–H groups in total. The highest BCUT2D eigenvalue weighted by Gasteiger charge is 2.53. The van der Waals surface area contributed by atoms with Gasteiger partial charge in [-0.15, -0.1) is 16.4 Å². The molecule has 7 rings (SSSR count). The fraction of sp³-hybridized carbons (Fsp3) is 0.207. The normalized spacial score (nSPS) is 18.3. The minimum Gasteiger partial charge on any atom is -0.485 e. The van der Waals surface area contributed by atoms with Crippen LogP contribution in [0.15, 0.2) is 72.8 Å². The number of nitrogens with one attached hydrogen (secondary N) is 2. The van der Waals surface area contributed by atoms with E-state index in [2.05, 4.69) is 44.1 Å². The highest BCUT2D eigenvalue weighted by Crippen LogP contribution is 2.44. The Bertz CT molecular complexity index is 1640. The number of carbonyl (C=O) groups excluding carboxylic acids is 2. The lowest BCUT2D eigenvalue weighted by Crippen LogP contribution is -2.58. The minimum atomic E-state index is -0.935. The first-order chi connectivity index (χ1) is 18.6. The molecule has 0 unspecified atom stereocenters. The molecule has 0 aliphatic carbocycles. The molecular weight excluding hydrogens is 498 g/mol. The maximum absolute atomic E-state index is 14.0. The van der Waals surface area contributed by atoms with Gasteiger partial charge in [-0.1, -0.05) is 42.5 Å². The second-order valence-corrected chi connectivity index (χ2v) is 10.8. The molecule has 3 aromatic carbocycles. The number of carbonyl (C=O) groups is 2. The lowest BCUT2D eigenvalue weighted by Gasteiger charge is -2.45. The number of Topliss-reactive ketones (excluding diaryl/α,β-unsaturated/α-hetero) is 2. The first-order valence-corrected chi connectivity index (χ1v) is 13.4. The smallest absolute Gasteiger partial charge is 0.181 e. The molecule has 2 aliphatic rings. The van der Waals surface area contributed by atoms with Crippen LogP contribution in [0.2, 0.25) is 0 Å². The third-order valence-electron chi connectivity index (χ3n) is 7.56. The SMILES string of the molecule is O=C(c1ccc(-c2cc3ccccc3s2)cc1)[C@@H]1C(=O)c2cc(-c3nnn[nH]3)ccc2OC12CCNCC2. The molecule has 1 fully saturated rings. The van der Waals surface area contributed by atoms with Crippen molar-refractivity contribution >= 4 is 33.0 Å². The van der Waals surface area contributed by atoms with Crippen molar-refractivity contribution in [3.05, 3.63) is 83.9 Å². The summed E-state index contributed by atoms with van der Waals surface area (Å²) in [6.07, 6.45) is 1.14. The summed E-state index contributed by atoms with van der Waals surface area (Å²) < 4.78 is 7.77. The molecule has 0 bridgehead atoms. The van der Waals surface area contributed by atoms with Gasteiger partial charge >= 0.3 is 0 Å². The van der Waals surface area contributed by atoms with Crippen LogP contribution < -0.4 is 10.1 Å². The zero-order valence-corrected chi connectivity index (χ0v) is 21.1. The number of benzene rings is 3. The maximum atomic E-state index is 14.0. The van der Waals surface area contributed by atoms with E-state index < -0.39 is 11.5 Å². The number of nitrogens with zero attached hydrogens (tertiary/aromatic N) is 3. The zero-order chi connectivity index (χ0) is 25.7. The van der Waals surface area contributed by atoms with Crippen LogP contribution in [0.5, 0.6) is 5.75 Å². The predicted molar refractivity (Wildman–Crippen MR) is 144 cm³/mol. The Labute approximate surface area is 222 Å². The van der Waals surface area contributed by atoms with Crippen LogP contribution in [0.25, 0.3) is 31.9 Å². The summed E-state index contributed by atoms with van der Waals surface area (Å²) >= 11 is 1.72. The molecule has 5 aromatic rings. The van der Waals surface area contributed by atoms with Gasteiger partial charge in [0, 0.05) is 33.5 Å². The largest absolute Gasteiger partial charge is 0.485 e. The Balaban J connectivity index is 1.25. The van der Waals surface area contributed by atoms with Crippen molar-refractivity contribution < 1.29 is 14.3 Å². The van der Waals surface area contributed by atoms with Crippen LogP contribution >= 0.6 is 11.3 Å². The van der Waals surface area contributed by atoms with Gasteiger partial charge in [0.2, 0.25) is 0 Å². The van der Waals surface area contributed by atoms with E-state index in [1.807, 2.05) is 42.5 Å². The number of ether oxygens (including phenoxy) is 1. The first-order valence-electron chi connectivity index (χ1n) is 12.6. The number of aromatic amines is 1. The standard InChI is InChI=1S/C29H23N5O3S/c35-26(18-7-5-17(6-8-18)24-16-19-3-1-2-4-23(19)38-24)25-27(36)21-15-20(28-31-33-34-32-28)9-10-22(21)37-29(25)11-13-30-14-12-29/h1-10,15-16,25,30H,11-14H2,(H,31,32,33,34)/t25-/m1/s1. The molecule has 0 saturated carbocycles. The number of H-pyrrole nitrogens is 1. The third-order valence-corrected chi connectivity index (χ3v) is 8.72. The third kappa shape index (κ3) is 3.74. The van der Waals surface area contributed by atoms with E-state index in [0.29, 0.717) is 54.2 Å². The molecule has 1 atom stereocenters. The van der Waals surface area contributed by atoms with Crippen LogP contribution in [0.3, 0.4) is 0 Å². The van der Waals surface area contributed by atoms with Crippen LogP contribution in [-0.2, 0) is 0 Å². The maximum Gasteiger partial charge on any atom is 0.181 e. The summed E-state index contributed by atoms with van der Waals surface area (Å²) in [5.74, 6) is -0.423. The van der Waals surface area contributed by atoms with Crippen molar-refractivity contribution in [1.82, 2.24) is 25.9 Å². The van der Waals surface area contributed by atoms with Crippen molar-refractivity contribution in [2.75, 3.05) is 13.1 Å². The van der Waals surface area contributed by atoms with E-state index in [4.69, 9.17) is 4.74 Å². The van der Waals surface area contributed by atoms with Gasteiger partial charge in [0.05, 0.1) is 5.56 Å². The predicted octanol–water partition coefficient (Wildman–Crippen LogP) is 4.94. The van der Waals surface area contributed by atoms with Gasteiger partial charge in [-0.25, -0.2) is 5.10 Å². The summed E-state index contributed by atoms with van der Waals surface area (Å²) in [6.45, 7) is 1.36. The number of fused-ring (bicyclic) bond motifs is 2. The molecule has 1 saturated heterocycles. The highest BCUT2D eigenvalue weighted by molar-refractivity contribution is 7.22. The summed E-state index contributed by atoms with van der Waals surface area (Å²) in [5.41, 5.74) is 1.70. The quantitative estimate of drug-likeness (QED) is 0.254. The Morgan fingerprint density at radius 1 is 0.974 bits per heavy atom. The number of aromatic nitrogens is 4. The van der Waals surface area contributed by atoms with Gasteiger partial charge < -0.3 is 10.1 Å². The van der Waals surface area contributed by atoms with E-state index in [1.165, 1.54) is 10.1 Å². The molecule has 188 valence electrons. The fourth-order valence-electron chi connectivity index (χ4n) is 5.60. The fourth-order valence-corrected chi connectivity index (χ4v) is 6.67. The molecule has 0 amide bonds. The number of hydrogen-bond donors (Lipinski definition) is 2. The van der Waals surface area contributed by atoms with Crippen molar-refractivity contribution in [3.63, 3.8) is 0 Å². The van der Waals surface area contributed by atoms with Gasteiger partial charge in [0.1, 0.15) is 17.3 Å². The van der Waals surface area contributed by atoms with Crippen LogP contribution in [0.1, 0.15) is 33.6 Å². The van der Waals surface area contributed by atoms with Gasteiger partial charge in [-0.3, -0.25) is 9.59 Å². The van der Waals surface area contributed by atoms with Crippen molar-refractivity contribution in [1.29, 1.82) is 0 Å². The van der Waals surface area contributed by atoms with Gasteiger partial charge in [-0.05, 0) is 64.8 Å².